The molecule has 4 heteroatoms. The largest absolute Gasteiger partial charge is 0.497 e. The van der Waals surface area contributed by atoms with Crippen LogP contribution in [0.25, 0.3) is 0 Å². The van der Waals surface area contributed by atoms with E-state index in [4.69, 9.17) is 4.74 Å². The van der Waals surface area contributed by atoms with E-state index < -0.39 is 0 Å². The normalized spacial score (nSPS) is 10.3. The lowest BCUT2D eigenvalue weighted by Gasteiger charge is -2.25. The molecule has 0 bridgehead atoms. The minimum atomic E-state index is 0.0426. The zero-order valence-electron chi connectivity index (χ0n) is 14.7. The van der Waals surface area contributed by atoms with Crippen LogP contribution in [0.4, 0.5) is 5.69 Å². The number of aryl methyl sites for hydroxylation is 1. The Morgan fingerprint density at radius 1 is 1.12 bits per heavy atom. The van der Waals surface area contributed by atoms with Gasteiger partial charge in [-0.05, 0) is 43.2 Å². The Labute approximate surface area is 144 Å². The summed E-state index contributed by atoms with van der Waals surface area (Å²) < 4.78 is 5.12. The van der Waals surface area contributed by atoms with Crippen LogP contribution in [0.1, 0.15) is 18.1 Å². The van der Waals surface area contributed by atoms with Crippen molar-refractivity contribution in [2.24, 2.45) is 0 Å². The molecule has 0 unspecified atom stereocenters. The van der Waals surface area contributed by atoms with Crippen LogP contribution in [-0.4, -0.2) is 32.7 Å². The summed E-state index contributed by atoms with van der Waals surface area (Å²) in [6.07, 6.45) is 0.389. The highest BCUT2D eigenvalue weighted by Gasteiger charge is 2.08. The van der Waals surface area contributed by atoms with Crippen LogP contribution in [-0.2, 0) is 11.2 Å². The molecule has 128 valence electrons. The molecule has 0 atom stereocenters. The maximum atomic E-state index is 12.1. The molecule has 4 nitrogen and oxygen atoms in total. The van der Waals surface area contributed by atoms with Crippen LogP contribution < -0.4 is 15.0 Å². The van der Waals surface area contributed by atoms with Gasteiger partial charge in [0.1, 0.15) is 5.75 Å². The van der Waals surface area contributed by atoms with Crippen LogP contribution in [0.2, 0.25) is 0 Å². The summed E-state index contributed by atoms with van der Waals surface area (Å²) in [5.41, 5.74) is 3.47. The van der Waals surface area contributed by atoms with Gasteiger partial charge in [-0.3, -0.25) is 4.79 Å². The number of ether oxygens (including phenoxy) is 1. The molecule has 0 aromatic heterocycles. The zero-order chi connectivity index (χ0) is 17.4. The van der Waals surface area contributed by atoms with Crippen molar-refractivity contribution in [2.75, 3.05) is 31.6 Å². The molecule has 0 spiro atoms. The predicted molar refractivity (Wildman–Crippen MR) is 98.8 cm³/mol. The molecule has 24 heavy (non-hydrogen) atoms. The average molecular weight is 326 g/mol. The number of carbonyl (C=O) groups excluding carboxylic acids is 1. The summed E-state index contributed by atoms with van der Waals surface area (Å²) in [6, 6.07) is 15.9. The quantitative estimate of drug-likeness (QED) is 0.810. The maximum absolute atomic E-state index is 12.1. The van der Waals surface area contributed by atoms with Gasteiger partial charge in [0.15, 0.2) is 0 Å². The van der Waals surface area contributed by atoms with Gasteiger partial charge in [-0.2, -0.15) is 0 Å². The fourth-order valence-electron chi connectivity index (χ4n) is 2.69. The maximum Gasteiger partial charge on any atom is 0.224 e. The van der Waals surface area contributed by atoms with Crippen molar-refractivity contribution < 1.29 is 9.53 Å². The summed E-state index contributed by atoms with van der Waals surface area (Å²) in [4.78, 5) is 14.4. The van der Waals surface area contributed by atoms with E-state index in [1.54, 1.807) is 7.11 Å². The number of nitrogens with zero attached hydrogens (tertiary/aromatic N) is 1. The van der Waals surface area contributed by atoms with E-state index in [1.807, 2.05) is 36.4 Å². The standard InChI is InChI=1S/C20H26N2O2/c1-4-22(19-8-6-5-7-16(19)2)14-13-21-20(23)15-17-9-11-18(24-3)12-10-17/h5-12H,4,13-15H2,1-3H3,(H,21,23). The number of amides is 1. The summed E-state index contributed by atoms with van der Waals surface area (Å²) in [5, 5.41) is 3.00. The van der Waals surface area contributed by atoms with E-state index in [-0.39, 0.29) is 5.91 Å². The van der Waals surface area contributed by atoms with E-state index in [2.05, 4.69) is 36.2 Å². The topological polar surface area (TPSA) is 41.6 Å². The smallest absolute Gasteiger partial charge is 0.224 e. The minimum absolute atomic E-state index is 0.0426. The molecule has 1 amide bonds. The summed E-state index contributed by atoms with van der Waals surface area (Å²) in [6.45, 7) is 6.60. The first kappa shape index (κ1) is 17.9. The highest BCUT2D eigenvalue weighted by molar-refractivity contribution is 5.78. The van der Waals surface area contributed by atoms with Gasteiger partial charge in [0.25, 0.3) is 0 Å². The van der Waals surface area contributed by atoms with Gasteiger partial charge < -0.3 is 15.0 Å². The molecule has 0 heterocycles. The number of hydrogen-bond acceptors (Lipinski definition) is 3. The van der Waals surface area contributed by atoms with Crippen molar-refractivity contribution in [2.45, 2.75) is 20.3 Å². The lowest BCUT2D eigenvalue weighted by molar-refractivity contribution is -0.120. The Balaban J connectivity index is 1.81. The average Bonchev–Trinajstić information content (AvgIpc) is 2.60. The van der Waals surface area contributed by atoms with Gasteiger partial charge in [0.2, 0.25) is 5.91 Å². The highest BCUT2D eigenvalue weighted by Crippen LogP contribution is 2.18. The fourth-order valence-corrected chi connectivity index (χ4v) is 2.69. The minimum Gasteiger partial charge on any atom is -0.497 e. The van der Waals surface area contributed by atoms with E-state index in [9.17, 15) is 4.79 Å². The number of carbonyl (C=O) groups is 1. The Morgan fingerprint density at radius 3 is 2.46 bits per heavy atom. The molecule has 0 radical (unpaired) electrons. The summed E-state index contributed by atoms with van der Waals surface area (Å²) in [5.74, 6) is 0.844. The van der Waals surface area contributed by atoms with Crippen LogP contribution in [0.5, 0.6) is 5.75 Å². The monoisotopic (exact) mass is 326 g/mol. The molecular weight excluding hydrogens is 300 g/mol. The second kappa shape index (κ2) is 8.96. The molecule has 0 saturated heterocycles. The Hall–Kier alpha value is -2.49. The van der Waals surface area contributed by atoms with Gasteiger partial charge in [-0.25, -0.2) is 0 Å². The van der Waals surface area contributed by atoms with Gasteiger partial charge in [0, 0.05) is 25.3 Å². The molecule has 0 fully saturated rings. The van der Waals surface area contributed by atoms with E-state index in [1.165, 1.54) is 11.3 Å². The first-order valence-electron chi connectivity index (χ1n) is 8.34. The van der Waals surface area contributed by atoms with Gasteiger partial charge in [-0.1, -0.05) is 30.3 Å². The third-order valence-electron chi connectivity index (χ3n) is 4.07. The van der Waals surface area contributed by atoms with Crippen molar-refractivity contribution in [3.63, 3.8) is 0 Å². The Morgan fingerprint density at radius 2 is 1.83 bits per heavy atom. The van der Waals surface area contributed by atoms with E-state index in [0.717, 1.165) is 24.4 Å². The number of rotatable bonds is 8. The van der Waals surface area contributed by atoms with Gasteiger partial charge in [-0.15, -0.1) is 0 Å². The van der Waals surface area contributed by atoms with Gasteiger partial charge in [0.05, 0.1) is 13.5 Å². The molecule has 2 aromatic carbocycles. The van der Waals surface area contributed by atoms with Crippen LogP contribution in [0.15, 0.2) is 48.5 Å². The van der Waals surface area contributed by atoms with Crippen molar-refractivity contribution in [3.8, 4) is 5.75 Å². The number of likely N-dealkylation sites (N-methyl/N-ethyl adjacent to an activating group) is 1. The van der Waals surface area contributed by atoms with E-state index in [0.29, 0.717) is 13.0 Å². The van der Waals surface area contributed by atoms with Crippen molar-refractivity contribution in [3.05, 3.63) is 59.7 Å². The summed E-state index contributed by atoms with van der Waals surface area (Å²) in [7, 11) is 1.63. The SMILES string of the molecule is CCN(CCNC(=O)Cc1ccc(OC)cc1)c1ccccc1C. The van der Waals surface area contributed by atoms with Crippen molar-refractivity contribution >= 4 is 11.6 Å². The lowest BCUT2D eigenvalue weighted by atomic mass is 10.1. The molecule has 0 aliphatic heterocycles. The fraction of sp³-hybridized carbons (Fsp3) is 0.350. The van der Waals surface area contributed by atoms with Gasteiger partial charge >= 0.3 is 0 Å². The Bertz CT molecular complexity index is 653. The third kappa shape index (κ3) is 5.01. The second-order valence-corrected chi connectivity index (χ2v) is 5.74. The molecular formula is C20H26N2O2. The molecule has 0 aliphatic carbocycles. The number of anilines is 1. The van der Waals surface area contributed by atoms with Crippen LogP contribution >= 0.6 is 0 Å². The van der Waals surface area contributed by atoms with Crippen molar-refractivity contribution in [1.29, 1.82) is 0 Å². The van der Waals surface area contributed by atoms with E-state index >= 15 is 0 Å². The molecule has 2 rings (SSSR count). The first-order chi connectivity index (χ1) is 11.6. The number of methoxy groups -OCH3 is 1. The van der Waals surface area contributed by atoms with Crippen LogP contribution in [0.3, 0.4) is 0 Å². The first-order valence-corrected chi connectivity index (χ1v) is 8.34. The van der Waals surface area contributed by atoms with Crippen molar-refractivity contribution in [1.82, 2.24) is 5.32 Å². The Kier molecular flexibility index (Phi) is 6.67. The summed E-state index contributed by atoms with van der Waals surface area (Å²) >= 11 is 0. The highest BCUT2D eigenvalue weighted by atomic mass is 16.5. The molecule has 0 aliphatic rings. The third-order valence-corrected chi connectivity index (χ3v) is 4.07. The second-order valence-electron chi connectivity index (χ2n) is 5.74. The number of benzene rings is 2. The zero-order valence-corrected chi connectivity index (χ0v) is 14.7. The predicted octanol–water partition coefficient (Wildman–Crippen LogP) is 3.19. The number of para-hydroxylation sites is 1. The lowest BCUT2D eigenvalue weighted by Crippen LogP contribution is -2.35. The van der Waals surface area contributed by atoms with Crippen LogP contribution in [0, 0.1) is 6.92 Å². The number of nitrogens with one attached hydrogen (secondary N) is 1. The molecule has 2 aromatic rings. The number of hydrogen-bond donors (Lipinski definition) is 1. The molecule has 0 saturated carbocycles. The molecule has 1 N–H and O–H groups in total.